The van der Waals surface area contributed by atoms with E-state index in [1.165, 1.54) is 30.5 Å². The van der Waals surface area contributed by atoms with Crippen molar-refractivity contribution in [1.29, 1.82) is 0 Å². The molecule has 2 amide bonds. The van der Waals surface area contributed by atoms with E-state index in [4.69, 9.17) is 0 Å². The molecule has 3 saturated heterocycles. The lowest BCUT2D eigenvalue weighted by Gasteiger charge is -2.45. The van der Waals surface area contributed by atoms with Crippen LogP contribution in [0.15, 0.2) is 54.6 Å². The lowest BCUT2D eigenvalue weighted by atomic mass is 9.75. The number of rotatable bonds is 6. The first-order chi connectivity index (χ1) is 17.4. The Morgan fingerprint density at radius 2 is 1.67 bits per heavy atom. The molecule has 5 rings (SSSR count). The van der Waals surface area contributed by atoms with Crippen LogP contribution in [0, 0.1) is 5.92 Å². The number of carbonyl (C=O) groups is 2. The molecule has 3 fully saturated rings. The highest BCUT2D eigenvalue weighted by Gasteiger charge is 2.54. The first-order valence-corrected chi connectivity index (χ1v) is 13.3. The Hall–Kier alpha value is -2.90. The van der Waals surface area contributed by atoms with E-state index >= 15 is 0 Å². The normalized spacial score (nSPS) is 26.9. The van der Waals surface area contributed by atoms with Crippen molar-refractivity contribution < 1.29 is 9.59 Å². The summed E-state index contributed by atoms with van der Waals surface area (Å²) in [6.07, 6.45) is 4.74. The van der Waals surface area contributed by atoms with Crippen LogP contribution < -0.4 is 15.5 Å². The van der Waals surface area contributed by atoms with Crippen LogP contribution in [0.5, 0.6) is 0 Å². The molecule has 0 radical (unpaired) electrons. The van der Waals surface area contributed by atoms with Gasteiger partial charge in [-0.1, -0.05) is 30.3 Å². The van der Waals surface area contributed by atoms with Gasteiger partial charge in [-0.25, -0.2) is 0 Å². The number of nitrogens with zero attached hydrogens (tertiary/aromatic N) is 3. The standard InChI is InChI=1S/C29H39N5O2/c1-22(35)31-29-20-32(2)28(23-9-5-3-6-10-23)26(29)15-18-33(21-29)19-27(36)30-24-11-13-25(14-12-24)34-16-7-4-8-17-34/h3,5-6,9-14,26,28H,4,7-8,15-21H2,1-2H3,(H,30,36)(H,31,35)/t26-,28-,29+/m1/s1. The maximum atomic E-state index is 13.0. The molecule has 192 valence electrons. The highest BCUT2D eigenvalue weighted by molar-refractivity contribution is 5.92. The second-order valence-corrected chi connectivity index (χ2v) is 10.9. The van der Waals surface area contributed by atoms with Gasteiger partial charge in [-0.3, -0.25) is 19.4 Å². The van der Waals surface area contributed by atoms with E-state index in [1.54, 1.807) is 6.92 Å². The van der Waals surface area contributed by atoms with E-state index in [0.717, 1.165) is 38.3 Å². The summed E-state index contributed by atoms with van der Waals surface area (Å²) in [5.41, 5.74) is 2.98. The number of likely N-dealkylation sites (tertiary alicyclic amines) is 2. The van der Waals surface area contributed by atoms with E-state index in [0.29, 0.717) is 19.0 Å². The van der Waals surface area contributed by atoms with Crippen LogP contribution in [0.1, 0.15) is 44.2 Å². The van der Waals surface area contributed by atoms with Gasteiger partial charge < -0.3 is 15.5 Å². The molecule has 3 heterocycles. The number of amides is 2. The van der Waals surface area contributed by atoms with Crippen LogP contribution in [0.4, 0.5) is 11.4 Å². The van der Waals surface area contributed by atoms with Crippen LogP contribution >= 0.6 is 0 Å². The predicted molar refractivity (Wildman–Crippen MR) is 144 cm³/mol. The van der Waals surface area contributed by atoms with Gasteiger partial charge in [0.25, 0.3) is 0 Å². The molecule has 0 saturated carbocycles. The van der Waals surface area contributed by atoms with Crippen molar-refractivity contribution in [2.24, 2.45) is 5.92 Å². The summed E-state index contributed by atoms with van der Waals surface area (Å²) in [6, 6.07) is 19.1. The molecule has 36 heavy (non-hydrogen) atoms. The Balaban J connectivity index is 1.23. The summed E-state index contributed by atoms with van der Waals surface area (Å²) < 4.78 is 0. The van der Waals surface area contributed by atoms with Gasteiger partial charge in [0.15, 0.2) is 0 Å². The topological polar surface area (TPSA) is 67.9 Å². The average molecular weight is 490 g/mol. The molecule has 2 aromatic rings. The second kappa shape index (κ2) is 10.6. The summed E-state index contributed by atoms with van der Waals surface area (Å²) >= 11 is 0. The lowest BCUT2D eigenvalue weighted by Crippen LogP contribution is -2.64. The number of fused-ring (bicyclic) bond motifs is 1. The zero-order chi connectivity index (χ0) is 25.1. The molecule has 2 N–H and O–H groups in total. The Kier molecular flexibility index (Phi) is 7.30. The van der Waals surface area contributed by atoms with Crippen LogP contribution in [0.25, 0.3) is 0 Å². The fourth-order valence-corrected chi connectivity index (χ4v) is 6.78. The van der Waals surface area contributed by atoms with E-state index in [1.807, 2.05) is 18.2 Å². The molecule has 3 atom stereocenters. The molecule has 0 bridgehead atoms. The Bertz CT molecular complexity index is 1050. The molecule has 2 aromatic carbocycles. The second-order valence-electron chi connectivity index (χ2n) is 10.9. The zero-order valence-corrected chi connectivity index (χ0v) is 21.6. The SMILES string of the molecule is CC(=O)N[C@@]12CN(CC(=O)Nc3ccc(N4CCCCC4)cc3)CC[C@@H]1[C@@H](c1ccccc1)N(C)C2. The van der Waals surface area contributed by atoms with Crippen molar-refractivity contribution in [2.45, 2.75) is 44.2 Å². The van der Waals surface area contributed by atoms with Gasteiger partial charge in [0.1, 0.15) is 0 Å². The third-order valence-electron chi connectivity index (χ3n) is 8.16. The highest BCUT2D eigenvalue weighted by Crippen LogP contribution is 2.46. The smallest absolute Gasteiger partial charge is 0.238 e. The maximum absolute atomic E-state index is 13.0. The summed E-state index contributed by atoms with van der Waals surface area (Å²) in [5, 5.41) is 6.40. The van der Waals surface area contributed by atoms with Gasteiger partial charge >= 0.3 is 0 Å². The molecule has 3 aliphatic heterocycles. The van der Waals surface area contributed by atoms with Crippen molar-refractivity contribution in [3.8, 4) is 0 Å². The van der Waals surface area contributed by atoms with Crippen molar-refractivity contribution in [3.05, 3.63) is 60.2 Å². The summed E-state index contributed by atoms with van der Waals surface area (Å²) in [7, 11) is 2.14. The van der Waals surface area contributed by atoms with Crippen LogP contribution in [0.2, 0.25) is 0 Å². The van der Waals surface area contributed by atoms with E-state index < -0.39 is 0 Å². The van der Waals surface area contributed by atoms with Gasteiger partial charge in [-0.2, -0.15) is 0 Å². The fraction of sp³-hybridized carbons (Fsp3) is 0.517. The number of hydrogen-bond acceptors (Lipinski definition) is 5. The minimum atomic E-state index is -0.365. The summed E-state index contributed by atoms with van der Waals surface area (Å²) in [6.45, 7) is 6.42. The molecule has 3 aliphatic rings. The number of piperidine rings is 2. The van der Waals surface area contributed by atoms with E-state index in [2.05, 4.69) is 68.8 Å². The number of benzene rings is 2. The predicted octanol–water partition coefficient (Wildman–Crippen LogP) is 3.50. The quantitative estimate of drug-likeness (QED) is 0.650. The lowest BCUT2D eigenvalue weighted by molar-refractivity contribution is -0.122. The largest absolute Gasteiger partial charge is 0.372 e. The Labute approximate surface area is 214 Å². The number of nitrogens with one attached hydrogen (secondary N) is 2. The van der Waals surface area contributed by atoms with Crippen molar-refractivity contribution in [1.82, 2.24) is 15.1 Å². The highest BCUT2D eigenvalue weighted by atomic mass is 16.2. The van der Waals surface area contributed by atoms with Crippen LogP contribution in [-0.2, 0) is 9.59 Å². The number of likely N-dealkylation sites (N-methyl/N-ethyl adjacent to an activating group) is 1. The van der Waals surface area contributed by atoms with E-state index in [-0.39, 0.29) is 23.4 Å². The van der Waals surface area contributed by atoms with Gasteiger partial charge in [0.05, 0.1) is 12.1 Å². The molecule has 0 spiro atoms. The first-order valence-electron chi connectivity index (χ1n) is 13.3. The maximum Gasteiger partial charge on any atom is 0.238 e. The number of hydrogen-bond donors (Lipinski definition) is 2. The number of carbonyl (C=O) groups excluding carboxylic acids is 2. The molecule has 0 unspecified atom stereocenters. The molecule has 0 aliphatic carbocycles. The molecular weight excluding hydrogens is 450 g/mol. The minimum absolute atomic E-state index is 0.0110. The summed E-state index contributed by atoms with van der Waals surface area (Å²) in [4.78, 5) is 32.2. The van der Waals surface area contributed by atoms with Crippen molar-refractivity contribution >= 4 is 23.2 Å². The van der Waals surface area contributed by atoms with Crippen LogP contribution in [-0.4, -0.2) is 73.5 Å². The monoisotopic (exact) mass is 489 g/mol. The van der Waals surface area contributed by atoms with Crippen molar-refractivity contribution in [3.63, 3.8) is 0 Å². The molecule has 0 aromatic heterocycles. The van der Waals surface area contributed by atoms with Gasteiger partial charge in [-0.05, 0) is 69.1 Å². The molecule has 7 nitrogen and oxygen atoms in total. The van der Waals surface area contributed by atoms with Gasteiger partial charge in [-0.15, -0.1) is 0 Å². The third-order valence-corrected chi connectivity index (χ3v) is 8.16. The Morgan fingerprint density at radius 1 is 0.944 bits per heavy atom. The van der Waals surface area contributed by atoms with Gasteiger partial charge in [0, 0.05) is 56.4 Å². The fourth-order valence-electron chi connectivity index (χ4n) is 6.78. The van der Waals surface area contributed by atoms with Crippen LogP contribution in [0.3, 0.4) is 0 Å². The molecular formula is C29H39N5O2. The van der Waals surface area contributed by atoms with Crippen molar-refractivity contribution in [2.75, 3.05) is 56.5 Å². The number of anilines is 2. The average Bonchev–Trinajstić information content (AvgIpc) is 3.15. The zero-order valence-electron chi connectivity index (χ0n) is 21.6. The van der Waals surface area contributed by atoms with Gasteiger partial charge in [0.2, 0.25) is 11.8 Å². The first kappa shape index (κ1) is 24.8. The Morgan fingerprint density at radius 3 is 2.36 bits per heavy atom. The molecule has 7 heteroatoms. The summed E-state index contributed by atoms with van der Waals surface area (Å²) in [5.74, 6) is 0.278. The van der Waals surface area contributed by atoms with E-state index in [9.17, 15) is 9.59 Å². The third kappa shape index (κ3) is 5.27. The minimum Gasteiger partial charge on any atom is -0.372 e.